The number of esters is 4. The number of ether oxygens (including phenoxy) is 4. The Morgan fingerprint density at radius 2 is 1.24 bits per heavy atom. The van der Waals surface area contributed by atoms with Gasteiger partial charge < -0.3 is 24.1 Å². The van der Waals surface area contributed by atoms with Crippen molar-refractivity contribution < 1.29 is 43.2 Å². The van der Waals surface area contributed by atoms with E-state index in [1.165, 1.54) is 32.1 Å². The van der Waals surface area contributed by atoms with Gasteiger partial charge in [-0.3, -0.25) is 14.4 Å². The van der Waals surface area contributed by atoms with Crippen LogP contribution in [0.25, 0.3) is 0 Å². The van der Waals surface area contributed by atoms with Gasteiger partial charge in [0.2, 0.25) is 6.10 Å². The molecule has 9 heteroatoms. The van der Waals surface area contributed by atoms with Crippen LogP contribution in [0.4, 0.5) is 0 Å². The second-order valence-corrected chi connectivity index (χ2v) is 19.3. The van der Waals surface area contributed by atoms with Crippen molar-refractivity contribution in [3.8, 4) is 0 Å². The minimum absolute atomic E-state index is 0.0476. The highest BCUT2D eigenvalue weighted by molar-refractivity contribution is 5.82. The van der Waals surface area contributed by atoms with Crippen molar-refractivity contribution in [1.82, 2.24) is 0 Å². The van der Waals surface area contributed by atoms with Gasteiger partial charge >= 0.3 is 23.9 Å². The summed E-state index contributed by atoms with van der Waals surface area (Å²) in [5.41, 5.74) is -2.53. The highest BCUT2D eigenvalue weighted by atomic mass is 16.6. The molecular formula is C42H72O9. The van der Waals surface area contributed by atoms with E-state index in [0.717, 1.165) is 44.4 Å². The Balaban J connectivity index is 0.000000209. The number of carbonyl (C=O) groups excluding carboxylic acids is 4. The lowest BCUT2D eigenvalue weighted by molar-refractivity contribution is -0.225. The third-order valence-electron chi connectivity index (χ3n) is 13.1. The van der Waals surface area contributed by atoms with E-state index in [1.807, 2.05) is 48.5 Å². The van der Waals surface area contributed by atoms with Gasteiger partial charge in [0, 0.05) is 12.8 Å². The van der Waals surface area contributed by atoms with Crippen molar-refractivity contribution >= 4 is 23.9 Å². The first kappa shape index (κ1) is 43.2. The lowest BCUT2D eigenvalue weighted by Crippen LogP contribution is -2.61. The third kappa shape index (κ3) is 11.2. The molecule has 0 spiro atoms. The molecule has 1 heterocycles. The molecular weight excluding hydrogens is 648 g/mol. The molecule has 5 aliphatic carbocycles. The van der Waals surface area contributed by atoms with E-state index in [1.54, 1.807) is 13.8 Å². The Morgan fingerprint density at radius 1 is 0.745 bits per heavy atom. The SMILES string of the molecule is CCC(C)(C)C(=O)OC(C)(C)C1CCC(C)CC1.CCC(C)(C)C(=O)OC12CC3CC(CC(O)(C3)C1)C2.CCC(C)(C)C(=O)OC1CCOC1=O. The Hall–Kier alpha value is -2.16. The molecule has 1 aliphatic heterocycles. The normalized spacial score (nSPS) is 31.7. The van der Waals surface area contributed by atoms with Crippen LogP contribution in [0.5, 0.6) is 0 Å². The van der Waals surface area contributed by atoms with E-state index in [9.17, 15) is 24.3 Å². The Morgan fingerprint density at radius 3 is 1.69 bits per heavy atom. The number of cyclic esters (lactones) is 1. The monoisotopic (exact) mass is 721 g/mol. The Labute approximate surface area is 309 Å². The predicted octanol–water partition coefficient (Wildman–Crippen LogP) is 8.90. The van der Waals surface area contributed by atoms with Crippen molar-refractivity contribution in [1.29, 1.82) is 0 Å². The van der Waals surface area contributed by atoms with Gasteiger partial charge in [0.15, 0.2) is 0 Å². The fourth-order valence-electron chi connectivity index (χ4n) is 8.31. The first-order valence-corrected chi connectivity index (χ1v) is 20.0. The maximum Gasteiger partial charge on any atom is 0.347 e. The van der Waals surface area contributed by atoms with Gasteiger partial charge in [0.1, 0.15) is 11.2 Å². The number of carbonyl (C=O) groups is 4. The van der Waals surface area contributed by atoms with E-state index in [-0.39, 0.29) is 34.5 Å². The zero-order valence-electron chi connectivity index (χ0n) is 34.2. The predicted molar refractivity (Wildman–Crippen MR) is 197 cm³/mol. The van der Waals surface area contributed by atoms with Crippen molar-refractivity contribution in [3.63, 3.8) is 0 Å². The third-order valence-corrected chi connectivity index (χ3v) is 13.1. The van der Waals surface area contributed by atoms with Gasteiger partial charge in [0.25, 0.3) is 0 Å². The molecule has 6 rings (SSSR count). The Bertz CT molecular complexity index is 1210. The summed E-state index contributed by atoms with van der Waals surface area (Å²) in [7, 11) is 0. The van der Waals surface area contributed by atoms with Gasteiger partial charge in [0.05, 0.1) is 28.5 Å². The molecule has 5 saturated carbocycles. The van der Waals surface area contributed by atoms with E-state index < -0.39 is 28.5 Å². The second-order valence-electron chi connectivity index (χ2n) is 19.3. The van der Waals surface area contributed by atoms with Crippen LogP contribution in [0.3, 0.4) is 0 Å². The van der Waals surface area contributed by atoms with Crippen LogP contribution in [0.1, 0.15) is 173 Å². The number of hydrogen-bond donors (Lipinski definition) is 1. The molecule has 3 atom stereocenters. The van der Waals surface area contributed by atoms with Crippen molar-refractivity contribution in [2.75, 3.05) is 6.61 Å². The number of hydrogen-bond acceptors (Lipinski definition) is 9. The standard InChI is InChI=1S/C16H26O3.C16H30O2.C10H16O4/c1-4-14(2,3)13(17)19-16-8-11-5-12(9-16)7-15(18,6-11)10-16;1-7-15(3,4)14(17)18-16(5,6)13-10-8-12(2)9-11-13;1-4-10(2,3)9(12)14-7-5-6-13-8(7)11/h11-12,18H,4-10H2,1-3H3;12-13H,7-11H2,1-6H3;7H,4-6H2,1-3H3. The summed E-state index contributed by atoms with van der Waals surface area (Å²) in [5, 5.41) is 10.6. The van der Waals surface area contributed by atoms with Gasteiger partial charge in [-0.1, -0.05) is 40.5 Å². The summed E-state index contributed by atoms with van der Waals surface area (Å²) < 4.78 is 21.6. The van der Waals surface area contributed by atoms with Crippen LogP contribution in [-0.2, 0) is 38.1 Å². The van der Waals surface area contributed by atoms with Crippen LogP contribution in [0.15, 0.2) is 0 Å². The smallest absolute Gasteiger partial charge is 0.347 e. The minimum atomic E-state index is -0.687. The van der Waals surface area contributed by atoms with Crippen molar-refractivity contribution in [3.05, 3.63) is 0 Å². The molecule has 51 heavy (non-hydrogen) atoms. The van der Waals surface area contributed by atoms with Crippen LogP contribution >= 0.6 is 0 Å². The van der Waals surface area contributed by atoms with E-state index in [4.69, 9.17) is 18.9 Å². The lowest BCUT2D eigenvalue weighted by atomic mass is 9.52. The molecule has 9 nitrogen and oxygen atoms in total. The summed E-state index contributed by atoms with van der Waals surface area (Å²) in [6, 6.07) is 0. The highest BCUT2D eigenvalue weighted by Crippen LogP contribution is 2.59. The molecule has 0 radical (unpaired) electrons. The van der Waals surface area contributed by atoms with Crippen LogP contribution in [0, 0.1) is 39.9 Å². The maximum absolute atomic E-state index is 12.4. The molecule has 294 valence electrons. The average molecular weight is 721 g/mol. The van der Waals surface area contributed by atoms with Crippen molar-refractivity contribution in [2.24, 2.45) is 39.9 Å². The zero-order chi connectivity index (χ0) is 38.6. The van der Waals surface area contributed by atoms with Crippen LogP contribution in [0.2, 0.25) is 0 Å². The number of rotatable bonds is 10. The van der Waals surface area contributed by atoms with E-state index in [0.29, 0.717) is 43.6 Å². The Kier molecular flexibility index (Phi) is 14.0. The molecule has 4 bridgehead atoms. The van der Waals surface area contributed by atoms with Gasteiger partial charge in [-0.25, -0.2) is 4.79 Å². The van der Waals surface area contributed by atoms with Gasteiger partial charge in [-0.15, -0.1) is 0 Å². The van der Waals surface area contributed by atoms with E-state index >= 15 is 0 Å². The topological polar surface area (TPSA) is 125 Å². The molecule has 6 fully saturated rings. The summed E-state index contributed by atoms with van der Waals surface area (Å²) in [6.45, 7) is 24.2. The quantitative estimate of drug-likeness (QED) is 0.174. The molecule has 1 saturated heterocycles. The fourth-order valence-corrected chi connectivity index (χ4v) is 8.31. The fraction of sp³-hybridized carbons (Fsp3) is 0.905. The van der Waals surface area contributed by atoms with Gasteiger partial charge in [-0.2, -0.15) is 0 Å². The number of aliphatic hydroxyl groups is 1. The molecule has 6 aliphatic rings. The summed E-state index contributed by atoms with van der Waals surface area (Å²) in [6.07, 6.45) is 12.7. The second kappa shape index (κ2) is 16.5. The molecule has 0 amide bonds. The van der Waals surface area contributed by atoms with Crippen LogP contribution < -0.4 is 0 Å². The summed E-state index contributed by atoms with van der Waals surface area (Å²) in [5.74, 6) is 1.58. The molecule has 0 aromatic heterocycles. The molecule has 1 N–H and O–H groups in total. The maximum atomic E-state index is 12.4. The largest absolute Gasteiger partial charge is 0.463 e. The summed E-state index contributed by atoms with van der Waals surface area (Å²) >= 11 is 0. The first-order chi connectivity index (χ1) is 23.4. The zero-order valence-corrected chi connectivity index (χ0v) is 34.2. The summed E-state index contributed by atoms with van der Waals surface area (Å²) in [4.78, 5) is 47.2. The molecule has 0 aromatic rings. The van der Waals surface area contributed by atoms with Crippen molar-refractivity contribution in [2.45, 2.75) is 196 Å². The average Bonchev–Trinajstić information content (AvgIpc) is 3.43. The molecule has 0 aromatic carbocycles. The van der Waals surface area contributed by atoms with Gasteiger partial charge in [-0.05, 0) is 143 Å². The lowest BCUT2D eigenvalue weighted by Gasteiger charge is -2.59. The van der Waals surface area contributed by atoms with Crippen LogP contribution in [-0.4, -0.2) is 58.5 Å². The van der Waals surface area contributed by atoms with E-state index in [2.05, 4.69) is 20.8 Å². The first-order valence-electron chi connectivity index (χ1n) is 20.0. The highest BCUT2D eigenvalue weighted by Gasteiger charge is 2.59. The minimum Gasteiger partial charge on any atom is -0.463 e. The molecule has 3 unspecified atom stereocenters.